The average molecular weight is 499 g/mol. The predicted octanol–water partition coefficient (Wildman–Crippen LogP) is 5.32. The third kappa shape index (κ3) is 6.73. The van der Waals surface area contributed by atoms with Crippen LogP contribution in [-0.2, 0) is 18.4 Å². The fourth-order valence-corrected chi connectivity index (χ4v) is 4.88. The van der Waals surface area contributed by atoms with Crippen molar-refractivity contribution in [1.82, 2.24) is 25.1 Å². The van der Waals surface area contributed by atoms with Gasteiger partial charge in [0.1, 0.15) is 11.9 Å². The summed E-state index contributed by atoms with van der Waals surface area (Å²) in [5.41, 5.74) is 2.71. The first-order valence-electron chi connectivity index (χ1n) is 11.7. The maximum absolute atomic E-state index is 13.3. The zero-order valence-corrected chi connectivity index (χ0v) is 21.2. The predicted molar refractivity (Wildman–Crippen MR) is 138 cm³/mol. The molecule has 0 spiro atoms. The molecule has 9 heteroatoms. The lowest BCUT2D eigenvalue weighted by Gasteiger charge is -2.27. The lowest BCUT2D eigenvalue weighted by atomic mass is 9.84. The number of hydrogen-bond donors (Lipinski definition) is 2. The Labute approximate surface area is 210 Å². The van der Waals surface area contributed by atoms with E-state index in [1.165, 1.54) is 43.9 Å². The Hall–Kier alpha value is -2.58. The lowest BCUT2D eigenvalue weighted by Crippen LogP contribution is -2.41. The first kappa shape index (κ1) is 24.5. The van der Waals surface area contributed by atoms with Gasteiger partial charge in [0.25, 0.3) is 0 Å². The van der Waals surface area contributed by atoms with E-state index < -0.39 is 0 Å². The highest BCUT2D eigenvalue weighted by atomic mass is 35.5. The summed E-state index contributed by atoms with van der Waals surface area (Å²) in [6, 6.07) is 9.07. The smallest absolute Gasteiger partial charge is 0.242 e. The highest BCUT2D eigenvalue weighted by molar-refractivity contribution is 7.98. The van der Waals surface area contributed by atoms with Gasteiger partial charge in [0.05, 0.1) is 11.9 Å². The molecule has 4 rings (SSSR count). The van der Waals surface area contributed by atoms with Gasteiger partial charge in [-0.3, -0.25) is 9.48 Å². The summed E-state index contributed by atoms with van der Waals surface area (Å²) in [7, 11) is 1.88. The van der Waals surface area contributed by atoms with Crippen molar-refractivity contribution in [3.05, 3.63) is 53.3 Å². The molecule has 1 aliphatic carbocycles. The summed E-state index contributed by atoms with van der Waals surface area (Å²) in [5, 5.41) is 12.1. The van der Waals surface area contributed by atoms with Gasteiger partial charge < -0.3 is 10.6 Å². The number of nitrogens with zero attached hydrogens (tertiary/aromatic N) is 4. The minimum Gasteiger partial charge on any atom is -0.358 e. The van der Waals surface area contributed by atoms with Gasteiger partial charge in [-0.05, 0) is 36.3 Å². The SMILES string of the molecule is CSc1nc(N[C@H](CC2CCCCC2)C(=O)NCc2ccc(Cl)cc2)cc(-c2cnn(C)c2)n1. The molecule has 7 nitrogen and oxygen atoms in total. The number of hydrogen-bond acceptors (Lipinski definition) is 6. The number of carbonyl (C=O) groups is 1. The second-order valence-corrected chi connectivity index (χ2v) is 10.0. The quantitative estimate of drug-likeness (QED) is 0.307. The fourth-order valence-electron chi connectivity index (χ4n) is 4.37. The highest BCUT2D eigenvalue weighted by Gasteiger charge is 2.25. The van der Waals surface area contributed by atoms with Crippen LogP contribution >= 0.6 is 23.4 Å². The molecule has 1 fully saturated rings. The number of thioether (sulfide) groups is 1. The summed E-state index contributed by atoms with van der Waals surface area (Å²) in [5.74, 6) is 1.17. The van der Waals surface area contributed by atoms with Crippen molar-refractivity contribution in [3.8, 4) is 11.3 Å². The minimum absolute atomic E-state index is 0.0206. The molecule has 180 valence electrons. The van der Waals surface area contributed by atoms with Crippen molar-refractivity contribution in [2.45, 2.75) is 56.3 Å². The zero-order valence-electron chi connectivity index (χ0n) is 19.6. The van der Waals surface area contributed by atoms with Crippen LogP contribution in [0.5, 0.6) is 0 Å². The van der Waals surface area contributed by atoms with E-state index >= 15 is 0 Å². The molecule has 0 aliphatic heterocycles. The Morgan fingerprint density at radius 1 is 1.21 bits per heavy atom. The summed E-state index contributed by atoms with van der Waals surface area (Å²) >= 11 is 7.47. The number of aryl methyl sites for hydroxylation is 1. The summed E-state index contributed by atoms with van der Waals surface area (Å²) in [4.78, 5) is 22.6. The van der Waals surface area contributed by atoms with Crippen LogP contribution in [0.4, 0.5) is 5.82 Å². The molecule has 2 heterocycles. The van der Waals surface area contributed by atoms with E-state index in [0.29, 0.717) is 28.5 Å². The maximum Gasteiger partial charge on any atom is 0.242 e. The van der Waals surface area contributed by atoms with Crippen molar-refractivity contribution >= 4 is 35.1 Å². The van der Waals surface area contributed by atoms with E-state index in [9.17, 15) is 4.79 Å². The molecule has 1 atom stereocenters. The van der Waals surface area contributed by atoms with Crippen LogP contribution in [0.3, 0.4) is 0 Å². The van der Waals surface area contributed by atoms with Gasteiger partial charge in [-0.2, -0.15) is 5.10 Å². The molecule has 3 aromatic rings. The Bertz CT molecular complexity index is 1100. The van der Waals surface area contributed by atoms with Crippen LogP contribution in [-0.4, -0.2) is 38.0 Å². The van der Waals surface area contributed by atoms with E-state index in [0.717, 1.165) is 23.2 Å². The second-order valence-electron chi connectivity index (χ2n) is 8.81. The third-order valence-corrected chi connectivity index (χ3v) is 7.00. The summed E-state index contributed by atoms with van der Waals surface area (Å²) in [6.07, 6.45) is 12.5. The Morgan fingerprint density at radius 3 is 2.65 bits per heavy atom. The van der Waals surface area contributed by atoms with Crippen LogP contribution in [0.15, 0.2) is 47.9 Å². The number of nitrogens with one attached hydrogen (secondary N) is 2. The van der Waals surface area contributed by atoms with Gasteiger partial charge in [0.2, 0.25) is 5.91 Å². The molecule has 1 aliphatic rings. The van der Waals surface area contributed by atoms with Gasteiger partial charge in [-0.25, -0.2) is 9.97 Å². The zero-order chi connectivity index (χ0) is 23.9. The number of anilines is 1. The van der Waals surface area contributed by atoms with Crippen LogP contribution < -0.4 is 10.6 Å². The highest BCUT2D eigenvalue weighted by Crippen LogP contribution is 2.29. The maximum atomic E-state index is 13.3. The van der Waals surface area contributed by atoms with Gasteiger partial charge in [-0.15, -0.1) is 0 Å². The molecule has 0 unspecified atom stereocenters. The Kier molecular flexibility index (Phi) is 8.45. The lowest BCUT2D eigenvalue weighted by molar-refractivity contribution is -0.122. The van der Waals surface area contributed by atoms with E-state index in [1.807, 2.05) is 49.8 Å². The van der Waals surface area contributed by atoms with E-state index in [4.69, 9.17) is 11.6 Å². The molecule has 1 aromatic carbocycles. The molecule has 2 N–H and O–H groups in total. The van der Waals surface area contributed by atoms with E-state index in [2.05, 4.69) is 25.7 Å². The number of rotatable bonds is 9. The summed E-state index contributed by atoms with van der Waals surface area (Å²) in [6.45, 7) is 0.458. The standard InChI is InChI=1S/C25H31ClN6OS/c1-32-16-19(15-28-32)21-13-23(31-25(30-21)34-2)29-22(12-17-6-4-3-5-7-17)24(33)27-14-18-8-10-20(26)11-9-18/h8-11,13,15-17,22H,3-7,12,14H2,1-2H3,(H,27,33)(H,29,30,31)/t22-/m1/s1. The number of halogens is 1. The Morgan fingerprint density at radius 2 is 1.97 bits per heavy atom. The number of benzene rings is 1. The number of amides is 1. The fraction of sp³-hybridized carbons (Fsp3) is 0.440. The molecule has 0 saturated heterocycles. The van der Waals surface area contributed by atoms with Gasteiger partial charge in [0, 0.05) is 36.4 Å². The largest absolute Gasteiger partial charge is 0.358 e. The van der Waals surface area contributed by atoms with Gasteiger partial charge >= 0.3 is 0 Å². The van der Waals surface area contributed by atoms with Crippen molar-refractivity contribution in [1.29, 1.82) is 0 Å². The van der Waals surface area contributed by atoms with Gasteiger partial charge in [-0.1, -0.05) is 67.6 Å². The summed E-state index contributed by atoms with van der Waals surface area (Å²) < 4.78 is 1.75. The second kappa shape index (κ2) is 11.7. The monoisotopic (exact) mass is 498 g/mol. The third-order valence-electron chi connectivity index (χ3n) is 6.20. The molecule has 1 saturated carbocycles. The Balaban J connectivity index is 1.53. The molecule has 0 radical (unpaired) electrons. The van der Waals surface area contributed by atoms with Crippen molar-refractivity contribution in [3.63, 3.8) is 0 Å². The normalized spacial score (nSPS) is 15.1. The van der Waals surface area contributed by atoms with Crippen molar-refractivity contribution in [2.24, 2.45) is 13.0 Å². The first-order valence-corrected chi connectivity index (χ1v) is 13.3. The van der Waals surface area contributed by atoms with E-state index in [1.54, 1.807) is 10.9 Å². The van der Waals surface area contributed by atoms with Crippen LogP contribution in [0, 0.1) is 5.92 Å². The van der Waals surface area contributed by atoms with Crippen LogP contribution in [0.2, 0.25) is 5.02 Å². The van der Waals surface area contributed by atoms with Crippen LogP contribution in [0.25, 0.3) is 11.3 Å². The average Bonchev–Trinajstić information content (AvgIpc) is 3.30. The van der Waals surface area contributed by atoms with Gasteiger partial charge in [0.15, 0.2) is 5.16 Å². The van der Waals surface area contributed by atoms with E-state index in [-0.39, 0.29) is 11.9 Å². The molecular weight excluding hydrogens is 468 g/mol. The first-order chi connectivity index (χ1) is 16.5. The molecule has 2 aromatic heterocycles. The topological polar surface area (TPSA) is 84.7 Å². The van der Waals surface area contributed by atoms with Crippen molar-refractivity contribution in [2.75, 3.05) is 11.6 Å². The number of aromatic nitrogens is 4. The number of carbonyl (C=O) groups excluding carboxylic acids is 1. The molecule has 0 bridgehead atoms. The van der Waals surface area contributed by atoms with Crippen molar-refractivity contribution < 1.29 is 4.79 Å². The minimum atomic E-state index is -0.373. The molecule has 1 amide bonds. The molecular formula is C25H31ClN6OS. The molecule has 34 heavy (non-hydrogen) atoms. The van der Waals surface area contributed by atoms with Crippen LogP contribution in [0.1, 0.15) is 44.1 Å².